The molecule has 6 heteroatoms. The number of fused-ring (bicyclic) bond motifs is 1. The predicted octanol–water partition coefficient (Wildman–Crippen LogP) is 5.14. The van der Waals surface area contributed by atoms with Crippen LogP contribution in [0, 0.1) is 12.7 Å². The molecule has 4 rings (SSSR count). The van der Waals surface area contributed by atoms with Gasteiger partial charge in [0.25, 0.3) is 5.91 Å². The molecule has 1 amide bonds. The van der Waals surface area contributed by atoms with Crippen LogP contribution in [-0.2, 0) is 13.0 Å². The second-order valence-corrected chi connectivity index (χ2v) is 7.52. The average Bonchev–Trinajstić information content (AvgIpc) is 3.33. The first-order valence-electron chi connectivity index (χ1n) is 9.88. The molecule has 5 nitrogen and oxygen atoms in total. The van der Waals surface area contributed by atoms with Crippen LogP contribution >= 0.6 is 0 Å². The number of likely N-dealkylation sites (N-methyl/N-ethyl adjacent to an activating group) is 1. The summed E-state index contributed by atoms with van der Waals surface area (Å²) < 4.78 is 18.5. The van der Waals surface area contributed by atoms with Crippen LogP contribution in [0.25, 0.3) is 10.9 Å². The van der Waals surface area contributed by atoms with E-state index in [4.69, 9.17) is 4.42 Å². The maximum absolute atomic E-state index is 13.1. The van der Waals surface area contributed by atoms with Crippen molar-refractivity contribution in [1.29, 1.82) is 0 Å². The zero-order valence-electron chi connectivity index (χ0n) is 17.0. The Morgan fingerprint density at radius 2 is 1.97 bits per heavy atom. The number of anilines is 1. The van der Waals surface area contributed by atoms with Crippen molar-refractivity contribution >= 4 is 22.5 Å². The molecule has 0 saturated heterocycles. The summed E-state index contributed by atoms with van der Waals surface area (Å²) >= 11 is 0. The lowest BCUT2D eigenvalue weighted by molar-refractivity contribution is 0.102. The number of H-pyrrole nitrogens is 1. The molecule has 0 aliphatic rings. The maximum Gasteiger partial charge on any atom is 0.255 e. The zero-order chi connectivity index (χ0) is 21.1. The summed E-state index contributed by atoms with van der Waals surface area (Å²) in [4.78, 5) is 18.1. The number of hydrogen-bond donors (Lipinski definition) is 2. The van der Waals surface area contributed by atoms with Gasteiger partial charge in [-0.2, -0.15) is 0 Å². The van der Waals surface area contributed by atoms with Crippen molar-refractivity contribution in [3.8, 4) is 0 Å². The molecule has 2 aromatic carbocycles. The highest BCUT2D eigenvalue weighted by molar-refractivity contribution is 6.05. The molecular formula is C24H24FN3O2. The zero-order valence-corrected chi connectivity index (χ0v) is 17.0. The third kappa shape index (κ3) is 4.44. The number of rotatable bonds is 7. The molecule has 0 aliphatic carbocycles. The molecule has 0 aliphatic heterocycles. The summed E-state index contributed by atoms with van der Waals surface area (Å²) in [5, 5.41) is 4.00. The maximum atomic E-state index is 13.1. The number of benzene rings is 2. The Labute approximate surface area is 174 Å². The smallest absolute Gasteiger partial charge is 0.255 e. The van der Waals surface area contributed by atoms with Gasteiger partial charge in [-0.25, -0.2) is 4.39 Å². The van der Waals surface area contributed by atoms with E-state index in [0.29, 0.717) is 11.3 Å². The standard InChI is InChI=1S/C24H24FN3O2/c1-16-21(11-12-28(2)15-20-4-3-13-30-20)22-14-19(9-10-23(22)26-16)27-24(29)17-5-7-18(25)8-6-17/h3-10,13-14,26H,11-12,15H2,1-2H3,(H,27,29). The van der Waals surface area contributed by atoms with Gasteiger partial charge in [-0.05, 0) is 80.6 Å². The van der Waals surface area contributed by atoms with Gasteiger partial charge in [-0.3, -0.25) is 9.69 Å². The van der Waals surface area contributed by atoms with Crippen LogP contribution in [-0.4, -0.2) is 29.4 Å². The van der Waals surface area contributed by atoms with Gasteiger partial charge < -0.3 is 14.7 Å². The molecule has 30 heavy (non-hydrogen) atoms. The molecule has 154 valence electrons. The molecule has 0 fully saturated rings. The van der Waals surface area contributed by atoms with Crippen LogP contribution in [0.1, 0.15) is 27.4 Å². The highest BCUT2D eigenvalue weighted by Crippen LogP contribution is 2.26. The molecule has 4 aromatic rings. The van der Waals surface area contributed by atoms with Gasteiger partial charge in [0.1, 0.15) is 11.6 Å². The van der Waals surface area contributed by atoms with Gasteiger partial charge in [0, 0.05) is 34.4 Å². The Bertz CT molecular complexity index is 1150. The fourth-order valence-electron chi connectivity index (χ4n) is 3.64. The largest absolute Gasteiger partial charge is 0.468 e. The van der Waals surface area contributed by atoms with Crippen molar-refractivity contribution < 1.29 is 13.6 Å². The van der Waals surface area contributed by atoms with Crippen molar-refractivity contribution in [1.82, 2.24) is 9.88 Å². The second-order valence-electron chi connectivity index (χ2n) is 7.52. The number of nitrogens with one attached hydrogen (secondary N) is 2. The van der Waals surface area contributed by atoms with E-state index in [9.17, 15) is 9.18 Å². The van der Waals surface area contributed by atoms with Crippen molar-refractivity contribution in [3.05, 3.63) is 89.3 Å². The summed E-state index contributed by atoms with van der Waals surface area (Å²) in [5.74, 6) is 0.317. The predicted molar refractivity (Wildman–Crippen MR) is 116 cm³/mol. The van der Waals surface area contributed by atoms with Crippen molar-refractivity contribution in [2.75, 3.05) is 18.9 Å². The molecular weight excluding hydrogens is 381 g/mol. The molecule has 0 bridgehead atoms. The summed E-state index contributed by atoms with van der Waals surface area (Å²) in [6.07, 6.45) is 2.56. The summed E-state index contributed by atoms with van der Waals surface area (Å²) in [6, 6.07) is 15.2. The first-order valence-corrected chi connectivity index (χ1v) is 9.88. The van der Waals surface area contributed by atoms with Gasteiger partial charge in [-0.1, -0.05) is 0 Å². The van der Waals surface area contributed by atoms with Crippen LogP contribution in [0.4, 0.5) is 10.1 Å². The Kier molecular flexibility index (Phi) is 5.68. The number of furan rings is 1. The van der Waals surface area contributed by atoms with Gasteiger partial charge in [0.2, 0.25) is 0 Å². The van der Waals surface area contributed by atoms with Crippen LogP contribution < -0.4 is 5.32 Å². The summed E-state index contributed by atoms with van der Waals surface area (Å²) in [6.45, 7) is 3.70. The molecule has 2 aromatic heterocycles. The fourth-order valence-corrected chi connectivity index (χ4v) is 3.64. The minimum absolute atomic E-state index is 0.263. The summed E-state index contributed by atoms with van der Waals surface area (Å²) in [7, 11) is 2.07. The van der Waals surface area contributed by atoms with Gasteiger partial charge in [-0.15, -0.1) is 0 Å². The van der Waals surface area contributed by atoms with E-state index in [0.717, 1.165) is 41.9 Å². The van der Waals surface area contributed by atoms with E-state index in [2.05, 4.69) is 29.2 Å². The first-order chi connectivity index (χ1) is 14.5. The van der Waals surface area contributed by atoms with Gasteiger partial charge in [0.15, 0.2) is 0 Å². The van der Waals surface area contributed by atoms with Gasteiger partial charge in [0.05, 0.1) is 12.8 Å². The Balaban J connectivity index is 1.49. The Hall–Kier alpha value is -3.38. The SMILES string of the molecule is Cc1[nH]c2ccc(NC(=O)c3ccc(F)cc3)cc2c1CCN(C)Cc1ccco1. The molecule has 0 atom stereocenters. The lowest BCUT2D eigenvalue weighted by atomic mass is 10.1. The minimum Gasteiger partial charge on any atom is -0.468 e. The fraction of sp³-hybridized carbons (Fsp3) is 0.208. The van der Waals surface area contributed by atoms with E-state index in [1.165, 1.54) is 29.8 Å². The number of aromatic nitrogens is 1. The number of carbonyl (C=O) groups is 1. The number of carbonyl (C=O) groups excluding carboxylic acids is 1. The van der Waals surface area contributed by atoms with E-state index in [-0.39, 0.29) is 11.7 Å². The normalized spacial score (nSPS) is 11.3. The third-order valence-corrected chi connectivity index (χ3v) is 5.23. The average molecular weight is 405 g/mol. The number of nitrogens with zero attached hydrogens (tertiary/aromatic N) is 1. The van der Waals surface area contributed by atoms with E-state index >= 15 is 0 Å². The van der Waals surface area contributed by atoms with Gasteiger partial charge >= 0.3 is 0 Å². The van der Waals surface area contributed by atoms with Crippen LogP contribution in [0.3, 0.4) is 0 Å². The van der Waals surface area contributed by atoms with Crippen LogP contribution in [0.5, 0.6) is 0 Å². The number of hydrogen-bond acceptors (Lipinski definition) is 3. The Morgan fingerprint density at radius 3 is 2.70 bits per heavy atom. The highest BCUT2D eigenvalue weighted by Gasteiger charge is 2.12. The number of aromatic amines is 1. The van der Waals surface area contributed by atoms with Crippen LogP contribution in [0.2, 0.25) is 0 Å². The molecule has 0 radical (unpaired) electrons. The van der Waals surface area contributed by atoms with Crippen molar-refractivity contribution in [3.63, 3.8) is 0 Å². The number of aryl methyl sites for hydroxylation is 1. The Morgan fingerprint density at radius 1 is 1.17 bits per heavy atom. The lowest BCUT2D eigenvalue weighted by Gasteiger charge is -2.15. The number of halogens is 1. The first kappa shape index (κ1) is 19.9. The van der Waals surface area contributed by atoms with Crippen molar-refractivity contribution in [2.45, 2.75) is 19.9 Å². The third-order valence-electron chi connectivity index (χ3n) is 5.23. The summed E-state index contributed by atoms with van der Waals surface area (Å²) in [5.41, 5.74) is 4.52. The van der Waals surface area contributed by atoms with Crippen LogP contribution in [0.15, 0.2) is 65.3 Å². The molecule has 0 spiro atoms. The monoisotopic (exact) mass is 405 g/mol. The topological polar surface area (TPSA) is 61.3 Å². The lowest BCUT2D eigenvalue weighted by Crippen LogP contribution is -2.20. The van der Waals surface area contributed by atoms with E-state index < -0.39 is 0 Å². The minimum atomic E-state index is -0.363. The highest BCUT2D eigenvalue weighted by atomic mass is 19.1. The quantitative estimate of drug-likeness (QED) is 0.448. The molecule has 0 unspecified atom stereocenters. The number of amides is 1. The van der Waals surface area contributed by atoms with E-state index in [1.807, 2.05) is 30.3 Å². The molecule has 0 saturated carbocycles. The second kappa shape index (κ2) is 8.55. The van der Waals surface area contributed by atoms with E-state index in [1.54, 1.807) is 6.26 Å². The molecule has 2 N–H and O–H groups in total. The van der Waals surface area contributed by atoms with Crippen molar-refractivity contribution in [2.24, 2.45) is 0 Å². The molecule has 2 heterocycles.